The second-order valence-electron chi connectivity index (χ2n) is 4.20. The summed E-state index contributed by atoms with van der Waals surface area (Å²) in [6.45, 7) is 4.22. The Morgan fingerprint density at radius 1 is 1.33 bits per heavy atom. The molecule has 0 aliphatic heterocycles. The Hall–Kier alpha value is -1.06. The zero-order valence-corrected chi connectivity index (χ0v) is 9.53. The molecule has 3 nitrogen and oxygen atoms in total. The SMILES string of the molecule is COc1ccc(C(C)(C)C(O)CN)cc1. The zero-order valence-electron chi connectivity index (χ0n) is 9.53. The molecule has 0 aromatic heterocycles. The van der Waals surface area contributed by atoms with Gasteiger partial charge < -0.3 is 15.6 Å². The van der Waals surface area contributed by atoms with Crippen LogP contribution in [0.4, 0.5) is 0 Å². The van der Waals surface area contributed by atoms with E-state index in [9.17, 15) is 5.11 Å². The monoisotopic (exact) mass is 209 g/mol. The molecule has 0 aliphatic rings. The molecule has 1 atom stereocenters. The summed E-state index contributed by atoms with van der Waals surface area (Å²) in [6, 6.07) is 7.69. The van der Waals surface area contributed by atoms with Gasteiger partial charge in [0.2, 0.25) is 0 Å². The first-order valence-corrected chi connectivity index (χ1v) is 5.05. The van der Waals surface area contributed by atoms with Gasteiger partial charge >= 0.3 is 0 Å². The normalized spacial score (nSPS) is 13.7. The lowest BCUT2D eigenvalue weighted by atomic mass is 9.79. The molecule has 0 aliphatic carbocycles. The molecule has 0 bridgehead atoms. The third-order valence-corrected chi connectivity index (χ3v) is 2.89. The van der Waals surface area contributed by atoms with Crippen LogP contribution in [-0.4, -0.2) is 24.9 Å². The van der Waals surface area contributed by atoms with Crippen LogP contribution in [0.1, 0.15) is 19.4 Å². The molecule has 0 saturated carbocycles. The number of aliphatic hydroxyl groups is 1. The highest BCUT2D eigenvalue weighted by Gasteiger charge is 2.28. The minimum atomic E-state index is -0.536. The Labute approximate surface area is 90.9 Å². The summed E-state index contributed by atoms with van der Waals surface area (Å²) in [5.41, 5.74) is 6.20. The van der Waals surface area contributed by atoms with Gasteiger partial charge in [-0.2, -0.15) is 0 Å². The molecule has 1 aromatic rings. The van der Waals surface area contributed by atoms with Crippen molar-refractivity contribution in [3.05, 3.63) is 29.8 Å². The maximum Gasteiger partial charge on any atom is 0.118 e. The molecular weight excluding hydrogens is 190 g/mol. The molecule has 0 radical (unpaired) electrons. The van der Waals surface area contributed by atoms with Gasteiger partial charge in [0.15, 0.2) is 0 Å². The first kappa shape index (κ1) is 12.0. The van der Waals surface area contributed by atoms with Crippen LogP contribution in [0.15, 0.2) is 24.3 Å². The van der Waals surface area contributed by atoms with Crippen LogP contribution in [0.3, 0.4) is 0 Å². The van der Waals surface area contributed by atoms with Crippen molar-refractivity contribution in [2.45, 2.75) is 25.4 Å². The van der Waals surface area contributed by atoms with Gasteiger partial charge in [-0.25, -0.2) is 0 Å². The predicted octanol–water partition coefficient (Wildman–Crippen LogP) is 1.29. The molecular formula is C12H19NO2. The van der Waals surface area contributed by atoms with Crippen molar-refractivity contribution in [2.75, 3.05) is 13.7 Å². The van der Waals surface area contributed by atoms with Crippen molar-refractivity contribution in [1.29, 1.82) is 0 Å². The number of benzene rings is 1. The Kier molecular flexibility index (Phi) is 3.72. The van der Waals surface area contributed by atoms with E-state index in [4.69, 9.17) is 10.5 Å². The van der Waals surface area contributed by atoms with Crippen LogP contribution in [0.25, 0.3) is 0 Å². The van der Waals surface area contributed by atoms with Crippen molar-refractivity contribution in [3.8, 4) is 5.75 Å². The highest BCUT2D eigenvalue weighted by atomic mass is 16.5. The lowest BCUT2D eigenvalue weighted by Crippen LogP contribution is -2.39. The van der Waals surface area contributed by atoms with E-state index in [-0.39, 0.29) is 12.0 Å². The number of aliphatic hydroxyl groups excluding tert-OH is 1. The first-order valence-electron chi connectivity index (χ1n) is 5.05. The Bertz CT molecular complexity index is 306. The van der Waals surface area contributed by atoms with E-state index in [1.807, 2.05) is 38.1 Å². The molecule has 1 aromatic carbocycles. The lowest BCUT2D eigenvalue weighted by molar-refractivity contribution is 0.108. The maximum atomic E-state index is 9.81. The van der Waals surface area contributed by atoms with E-state index in [2.05, 4.69) is 0 Å². The summed E-state index contributed by atoms with van der Waals surface area (Å²) in [5.74, 6) is 0.816. The summed E-state index contributed by atoms with van der Waals surface area (Å²) in [4.78, 5) is 0. The standard InChI is InChI=1S/C12H19NO2/c1-12(2,11(14)8-13)9-4-6-10(15-3)7-5-9/h4-7,11,14H,8,13H2,1-3H3. The van der Waals surface area contributed by atoms with E-state index < -0.39 is 6.10 Å². The molecule has 1 unspecified atom stereocenters. The average Bonchev–Trinajstić information content (AvgIpc) is 2.28. The fourth-order valence-corrected chi connectivity index (χ4v) is 1.51. The third kappa shape index (κ3) is 2.49. The van der Waals surface area contributed by atoms with Crippen LogP contribution in [0.2, 0.25) is 0 Å². The average molecular weight is 209 g/mol. The zero-order chi connectivity index (χ0) is 11.5. The summed E-state index contributed by atoms with van der Waals surface area (Å²) >= 11 is 0. The van der Waals surface area contributed by atoms with Crippen molar-refractivity contribution in [1.82, 2.24) is 0 Å². The maximum absolute atomic E-state index is 9.81. The van der Waals surface area contributed by atoms with Gasteiger partial charge in [-0.1, -0.05) is 26.0 Å². The molecule has 0 saturated heterocycles. The van der Waals surface area contributed by atoms with E-state index in [1.54, 1.807) is 7.11 Å². The molecule has 84 valence electrons. The van der Waals surface area contributed by atoms with Crippen LogP contribution in [-0.2, 0) is 5.41 Å². The summed E-state index contributed by atoms with van der Waals surface area (Å²) < 4.78 is 5.08. The van der Waals surface area contributed by atoms with Crippen LogP contribution >= 0.6 is 0 Å². The molecule has 1 rings (SSSR count). The molecule has 15 heavy (non-hydrogen) atoms. The topological polar surface area (TPSA) is 55.5 Å². The Balaban J connectivity index is 2.94. The highest BCUT2D eigenvalue weighted by Crippen LogP contribution is 2.28. The van der Waals surface area contributed by atoms with Crippen LogP contribution in [0, 0.1) is 0 Å². The summed E-state index contributed by atoms with van der Waals surface area (Å²) in [7, 11) is 1.63. The van der Waals surface area contributed by atoms with E-state index in [0.717, 1.165) is 11.3 Å². The van der Waals surface area contributed by atoms with Crippen LogP contribution in [0.5, 0.6) is 5.75 Å². The quantitative estimate of drug-likeness (QED) is 0.785. The summed E-state index contributed by atoms with van der Waals surface area (Å²) in [5, 5.41) is 9.81. The van der Waals surface area contributed by atoms with E-state index in [1.165, 1.54) is 0 Å². The number of methoxy groups -OCH3 is 1. The van der Waals surface area contributed by atoms with Crippen molar-refractivity contribution in [2.24, 2.45) is 5.73 Å². The van der Waals surface area contributed by atoms with Crippen molar-refractivity contribution >= 4 is 0 Å². The first-order chi connectivity index (χ1) is 7.02. The van der Waals surface area contributed by atoms with Crippen LogP contribution < -0.4 is 10.5 Å². The fraction of sp³-hybridized carbons (Fsp3) is 0.500. The van der Waals surface area contributed by atoms with Gasteiger partial charge in [-0.05, 0) is 17.7 Å². The lowest BCUT2D eigenvalue weighted by Gasteiger charge is -2.30. The number of hydrogen-bond acceptors (Lipinski definition) is 3. The third-order valence-electron chi connectivity index (χ3n) is 2.89. The minimum Gasteiger partial charge on any atom is -0.497 e. The van der Waals surface area contributed by atoms with Crippen molar-refractivity contribution < 1.29 is 9.84 Å². The second-order valence-corrected chi connectivity index (χ2v) is 4.20. The van der Waals surface area contributed by atoms with Gasteiger partial charge in [-0.3, -0.25) is 0 Å². The Morgan fingerprint density at radius 2 is 1.87 bits per heavy atom. The second kappa shape index (κ2) is 4.64. The summed E-state index contributed by atoms with van der Waals surface area (Å²) in [6.07, 6.45) is -0.536. The smallest absolute Gasteiger partial charge is 0.118 e. The largest absolute Gasteiger partial charge is 0.497 e. The molecule has 3 N–H and O–H groups in total. The number of nitrogens with two attached hydrogens (primary N) is 1. The molecule has 0 heterocycles. The van der Waals surface area contributed by atoms with Gasteiger partial charge in [0.25, 0.3) is 0 Å². The highest BCUT2D eigenvalue weighted by molar-refractivity contribution is 5.32. The van der Waals surface area contributed by atoms with Gasteiger partial charge in [0, 0.05) is 12.0 Å². The molecule has 0 amide bonds. The van der Waals surface area contributed by atoms with Gasteiger partial charge in [0.05, 0.1) is 13.2 Å². The number of hydrogen-bond donors (Lipinski definition) is 2. The number of rotatable bonds is 4. The number of ether oxygens (including phenoxy) is 1. The predicted molar refractivity (Wildman–Crippen MR) is 61.1 cm³/mol. The fourth-order valence-electron chi connectivity index (χ4n) is 1.51. The minimum absolute atomic E-state index is 0.263. The van der Waals surface area contributed by atoms with Crippen molar-refractivity contribution in [3.63, 3.8) is 0 Å². The Morgan fingerprint density at radius 3 is 2.27 bits per heavy atom. The molecule has 0 spiro atoms. The van der Waals surface area contributed by atoms with Gasteiger partial charge in [0.1, 0.15) is 5.75 Å². The van der Waals surface area contributed by atoms with Gasteiger partial charge in [-0.15, -0.1) is 0 Å². The van der Waals surface area contributed by atoms with E-state index >= 15 is 0 Å². The van der Waals surface area contributed by atoms with E-state index in [0.29, 0.717) is 0 Å². The molecule has 0 fully saturated rings. The molecule has 3 heteroatoms.